The van der Waals surface area contributed by atoms with Crippen LogP contribution in [-0.4, -0.2) is 22.1 Å². The Morgan fingerprint density at radius 3 is 2.61 bits per heavy atom. The van der Waals surface area contributed by atoms with E-state index in [0.717, 1.165) is 18.5 Å². The fourth-order valence-electron chi connectivity index (χ4n) is 2.51. The second-order valence-electron chi connectivity index (χ2n) is 5.14. The average Bonchev–Trinajstić information content (AvgIpc) is 2.66. The molecule has 1 heterocycles. The zero-order valence-corrected chi connectivity index (χ0v) is 11.8. The predicted molar refractivity (Wildman–Crippen MR) is 77.0 cm³/mol. The summed E-state index contributed by atoms with van der Waals surface area (Å²) in [5, 5.41) is 3.45. The summed E-state index contributed by atoms with van der Waals surface area (Å²) in [4.78, 5) is 4.78. The molecule has 0 aliphatic heterocycles. The minimum atomic E-state index is 0.446. The number of fused-ring (bicyclic) bond motifs is 1. The van der Waals surface area contributed by atoms with Crippen molar-refractivity contribution in [3.8, 4) is 0 Å². The van der Waals surface area contributed by atoms with Gasteiger partial charge >= 0.3 is 0 Å². The molecule has 1 unspecified atom stereocenters. The van der Waals surface area contributed by atoms with Crippen LogP contribution in [0.25, 0.3) is 11.0 Å². The van der Waals surface area contributed by atoms with Crippen LogP contribution in [0.4, 0.5) is 0 Å². The lowest BCUT2D eigenvalue weighted by Crippen LogP contribution is -2.29. The summed E-state index contributed by atoms with van der Waals surface area (Å²) < 4.78 is 2.35. The van der Waals surface area contributed by atoms with Gasteiger partial charge in [0.1, 0.15) is 5.82 Å². The second kappa shape index (κ2) is 5.53. The first-order valence-corrected chi connectivity index (χ1v) is 6.82. The van der Waals surface area contributed by atoms with Crippen molar-refractivity contribution < 1.29 is 0 Å². The van der Waals surface area contributed by atoms with E-state index in [-0.39, 0.29) is 0 Å². The summed E-state index contributed by atoms with van der Waals surface area (Å²) in [5.74, 6) is 1.18. The molecule has 0 bridgehead atoms. The van der Waals surface area contributed by atoms with Crippen molar-refractivity contribution in [2.45, 2.75) is 46.2 Å². The smallest absolute Gasteiger partial charge is 0.111 e. The summed E-state index contributed by atoms with van der Waals surface area (Å²) in [6.07, 6.45) is 0.973. The van der Waals surface area contributed by atoms with Crippen LogP contribution < -0.4 is 5.32 Å². The van der Waals surface area contributed by atoms with Gasteiger partial charge in [-0.3, -0.25) is 0 Å². The van der Waals surface area contributed by atoms with Crippen LogP contribution in [0.2, 0.25) is 0 Å². The van der Waals surface area contributed by atoms with Crippen molar-refractivity contribution >= 4 is 11.0 Å². The van der Waals surface area contributed by atoms with Gasteiger partial charge in [0.05, 0.1) is 11.0 Å². The Balaban J connectivity index is 2.39. The molecule has 0 aliphatic carbocycles. The van der Waals surface area contributed by atoms with Gasteiger partial charge in [-0.25, -0.2) is 4.98 Å². The molecule has 3 heteroatoms. The molecule has 1 aromatic carbocycles. The summed E-state index contributed by atoms with van der Waals surface area (Å²) in [7, 11) is 0. The van der Waals surface area contributed by atoms with E-state index in [1.807, 2.05) is 0 Å². The lowest BCUT2D eigenvalue weighted by Gasteiger charge is -2.16. The summed E-state index contributed by atoms with van der Waals surface area (Å²) in [5.41, 5.74) is 2.34. The monoisotopic (exact) mass is 245 g/mol. The molecule has 0 saturated heterocycles. The average molecular weight is 245 g/mol. The van der Waals surface area contributed by atoms with E-state index in [2.05, 4.69) is 61.8 Å². The molecule has 0 fully saturated rings. The van der Waals surface area contributed by atoms with Crippen molar-refractivity contribution in [1.29, 1.82) is 0 Å². The molecular formula is C15H23N3. The first-order chi connectivity index (χ1) is 8.63. The molecule has 0 amide bonds. The van der Waals surface area contributed by atoms with Gasteiger partial charge in [-0.2, -0.15) is 0 Å². The minimum absolute atomic E-state index is 0.446. The molecule has 1 aromatic heterocycles. The third-order valence-corrected chi connectivity index (χ3v) is 3.23. The molecule has 18 heavy (non-hydrogen) atoms. The van der Waals surface area contributed by atoms with E-state index < -0.39 is 0 Å². The summed E-state index contributed by atoms with van der Waals surface area (Å²) in [6.45, 7) is 9.80. The molecule has 0 spiro atoms. The number of likely N-dealkylation sites (N-methyl/N-ethyl adjacent to an activating group) is 1. The molecular weight excluding hydrogens is 222 g/mol. The van der Waals surface area contributed by atoms with Crippen LogP contribution in [0, 0.1) is 0 Å². The van der Waals surface area contributed by atoms with Crippen molar-refractivity contribution in [3.63, 3.8) is 0 Å². The highest BCUT2D eigenvalue weighted by Gasteiger charge is 2.14. The van der Waals surface area contributed by atoms with Gasteiger partial charge < -0.3 is 9.88 Å². The Kier molecular flexibility index (Phi) is 4.02. The number of aromatic nitrogens is 2. The Labute approximate surface area is 109 Å². The van der Waals surface area contributed by atoms with Gasteiger partial charge in [-0.15, -0.1) is 0 Å². The second-order valence-corrected chi connectivity index (χ2v) is 5.14. The molecule has 98 valence electrons. The van der Waals surface area contributed by atoms with E-state index in [0.29, 0.717) is 12.1 Å². The van der Waals surface area contributed by atoms with Gasteiger partial charge in [0.2, 0.25) is 0 Å². The van der Waals surface area contributed by atoms with Crippen LogP contribution >= 0.6 is 0 Å². The Morgan fingerprint density at radius 2 is 1.94 bits per heavy atom. The third-order valence-electron chi connectivity index (χ3n) is 3.23. The Bertz CT molecular complexity index is 513. The quantitative estimate of drug-likeness (QED) is 0.877. The molecule has 3 nitrogen and oxygen atoms in total. The number of benzene rings is 1. The maximum atomic E-state index is 4.78. The normalized spacial score (nSPS) is 13.4. The first-order valence-electron chi connectivity index (χ1n) is 6.82. The summed E-state index contributed by atoms with van der Waals surface area (Å²) >= 11 is 0. The maximum Gasteiger partial charge on any atom is 0.111 e. The van der Waals surface area contributed by atoms with Gasteiger partial charge in [0.25, 0.3) is 0 Å². The highest BCUT2D eigenvalue weighted by Crippen LogP contribution is 2.21. The number of nitrogens with one attached hydrogen (secondary N) is 1. The lowest BCUT2D eigenvalue weighted by atomic mass is 10.2. The van der Waals surface area contributed by atoms with Crippen molar-refractivity contribution in [2.75, 3.05) is 6.54 Å². The number of hydrogen-bond donors (Lipinski definition) is 1. The SMILES string of the molecule is CCNC(C)Cc1nc2ccccc2n1C(C)C. The molecule has 0 saturated carbocycles. The first kappa shape index (κ1) is 13.1. The molecule has 2 aromatic rings. The van der Waals surface area contributed by atoms with E-state index in [9.17, 15) is 0 Å². The number of imidazole rings is 1. The van der Waals surface area contributed by atoms with Gasteiger partial charge in [-0.05, 0) is 39.4 Å². The van der Waals surface area contributed by atoms with E-state index in [1.165, 1.54) is 11.3 Å². The topological polar surface area (TPSA) is 29.9 Å². The van der Waals surface area contributed by atoms with Crippen molar-refractivity contribution in [3.05, 3.63) is 30.1 Å². The predicted octanol–water partition coefficient (Wildman–Crippen LogP) is 3.16. The van der Waals surface area contributed by atoms with Crippen LogP contribution in [0.15, 0.2) is 24.3 Å². The van der Waals surface area contributed by atoms with Gasteiger partial charge in [0, 0.05) is 18.5 Å². The third kappa shape index (κ3) is 2.56. The largest absolute Gasteiger partial charge is 0.325 e. The molecule has 0 aliphatic rings. The van der Waals surface area contributed by atoms with Gasteiger partial charge in [0.15, 0.2) is 0 Å². The Hall–Kier alpha value is -1.35. The zero-order valence-electron chi connectivity index (χ0n) is 11.8. The number of para-hydroxylation sites is 2. The van der Waals surface area contributed by atoms with E-state index in [4.69, 9.17) is 4.98 Å². The summed E-state index contributed by atoms with van der Waals surface area (Å²) in [6, 6.07) is 9.29. The van der Waals surface area contributed by atoms with Crippen LogP contribution in [0.3, 0.4) is 0 Å². The number of hydrogen-bond acceptors (Lipinski definition) is 2. The number of rotatable bonds is 5. The lowest BCUT2D eigenvalue weighted by molar-refractivity contribution is 0.515. The fraction of sp³-hybridized carbons (Fsp3) is 0.533. The standard InChI is InChI=1S/C15H23N3/c1-5-16-12(4)10-15-17-13-8-6-7-9-14(13)18(15)11(2)3/h6-9,11-12,16H,5,10H2,1-4H3. The van der Waals surface area contributed by atoms with Crippen molar-refractivity contribution in [2.24, 2.45) is 0 Å². The van der Waals surface area contributed by atoms with Crippen LogP contribution in [0.5, 0.6) is 0 Å². The van der Waals surface area contributed by atoms with E-state index in [1.54, 1.807) is 0 Å². The van der Waals surface area contributed by atoms with Crippen LogP contribution in [-0.2, 0) is 6.42 Å². The molecule has 1 N–H and O–H groups in total. The zero-order chi connectivity index (χ0) is 13.1. The molecule has 2 rings (SSSR count). The highest BCUT2D eigenvalue weighted by atomic mass is 15.1. The number of nitrogens with zero attached hydrogens (tertiary/aromatic N) is 2. The van der Waals surface area contributed by atoms with Gasteiger partial charge in [-0.1, -0.05) is 19.1 Å². The fourth-order valence-corrected chi connectivity index (χ4v) is 2.51. The maximum absolute atomic E-state index is 4.78. The molecule has 1 atom stereocenters. The van der Waals surface area contributed by atoms with Crippen molar-refractivity contribution in [1.82, 2.24) is 14.9 Å². The van der Waals surface area contributed by atoms with Crippen LogP contribution in [0.1, 0.15) is 39.6 Å². The minimum Gasteiger partial charge on any atom is -0.325 e. The van der Waals surface area contributed by atoms with E-state index >= 15 is 0 Å². The molecule has 0 radical (unpaired) electrons. The Morgan fingerprint density at radius 1 is 1.22 bits per heavy atom. The highest BCUT2D eigenvalue weighted by molar-refractivity contribution is 5.76.